The van der Waals surface area contributed by atoms with Crippen LogP contribution in [0.1, 0.15) is 12.0 Å². The zero-order valence-corrected chi connectivity index (χ0v) is 12.9. The maximum atomic E-state index is 12.9. The fourth-order valence-electron chi connectivity index (χ4n) is 1.58. The summed E-state index contributed by atoms with van der Waals surface area (Å²) in [4.78, 5) is 6.74. The highest BCUT2D eigenvalue weighted by molar-refractivity contribution is 6.31. The lowest BCUT2D eigenvalue weighted by Crippen LogP contribution is -2.13. The fourth-order valence-corrected chi connectivity index (χ4v) is 1.81. The largest absolute Gasteiger partial charge is 0.391 e. The summed E-state index contributed by atoms with van der Waals surface area (Å²) in [5.74, 6) is -0.418. The summed E-state index contributed by atoms with van der Waals surface area (Å²) in [6.07, 6.45) is 1.72. The van der Waals surface area contributed by atoms with E-state index in [1.54, 1.807) is 19.0 Å². The van der Waals surface area contributed by atoms with Gasteiger partial charge in [-0.15, -0.1) is 0 Å². The van der Waals surface area contributed by atoms with Crippen molar-refractivity contribution in [1.29, 1.82) is 10.5 Å². The van der Waals surface area contributed by atoms with Gasteiger partial charge < -0.3 is 9.74 Å². The first-order chi connectivity index (χ1) is 10.5. The lowest BCUT2D eigenvalue weighted by molar-refractivity contribution is 0.131. The molecule has 0 heterocycles. The predicted octanol–water partition coefficient (Wildman–Crippen LogP) is 3.23. The van der Waals surface area contributed by atoms with Crippen molar-refractivity contribution in [2.75, 3.05) is 14.1 Å². The highest BCUT2D eigenvalue weighted by atomic mass is 35.5. The number of oxime groups is 1. The van der Waals surface area contributed by atoms with Crippen molar-refractivity contribution in [3.8, 4) is 12.1 Å². The van der Waals surface area contributed by atoms with Crippen LogP contribution in [0, 0.1) is 28.5 Å². The highest BCUT2D eigenvalue weighted by Crippen LogP contribution is 2.18. The Kier molecular flexibility index (Phi) is 6.88. The lowest BCUT2D eigenvalue weighted by atomic mass is 10.2. The van der Waals surface area contributed by atoms with Crippen molar-refractivity contribution in [1.82, 2.24) is 4.90 Å². The topological polar surface area (TPSA) is 72.4 Å². The van der Waals surface area contributed by atoms with Gasteiger partial charge in [-0.3, -0.25) is 0 Å². The summed E-state index contributed by atoms with van der Waals surface area (Å²) in [5.41, 5.74) is 1.17. The molecular weight excluding hydrogens is 307 g/mol. The summed E-state index contributed by atoms with van der Waals surface area (Å²) in [5, 5.41) is 21.8. The zero-order valence-electron chi connectivity index (χ0n) is 12.2. The molecule has 0 aromatic heterocycles. The van der Waals surface area contributed by atoms with E-state index in [9.17, 15) is 4.39 Å². The Balaban J connectivity index is 2.62. The van der Waals surface area contributed by atoms with Crippen LogP contribution in [0.25, 0.3) is 0 Å². The average molecular weight is 321 g/mol. The molecule has 1 rings (SSSR count). The van der Waals surface area contributed by atoms with Gasteiger partial charge in [0.1, 0.15) is 30.1 Å². The number of hydrogen-bond donors (Lipinski definition) is 0. The molecule has 0 aliphatic heterocycles. The molecule has 0 unspecified atom stereocenters. The van der Waals surface area contributed by atoms with E-state index >= 15 is 0 Å². The second-order valence-corrected chi connectivity index (χ2v) is 4.85. The van der Waals surface area contributed by atoms with Gasteiger partial charge in [0, 0.05) is 38.0 Å². The highest BCUT2D eigenvalue weighted by Gasteiger charge is 2.07. The monoisotopic (exact) mass is 320 g/mol. The van der Waals surface area contributed by atoms with Crippen LogP contribution >= 0.6 is 11.6 Å². The van der Waals surface area contributed by atoms with Crippen molar-refractivity contribution >= 4 is 17.8 Å². The number of rotatable bonds is 6. The molecule has 114 valence electrons. The van der Waals surface area contributed by atoms with Crippen molar-refractivity contribution in [2.24, 2.45) is 5.16 Å². The standard InChI is InChI=1S/C15H14ClFN4O/c1-21(2)15(12(8-18)9-19)5-6-20-22-10-11-3-4-13(17)7-14(11)16/h3-4,6-7H,5,10H2,1-2H3. The van der Waals surface area contributed by atoms with Gasteiger partial charge in [0.25, 0.3) is 0 Å². The van der Waals surface area contributed by atoms with Gasteiger partial charge in [0.05, 0.1) is 5.02 Å². The summed E-state index contributed by atoms with van der Waals surface area (Å²) in [7, 11) is 3.47. The first-order valence-corrected chi connectivity index (χ1v) is 6.65. The van der Waals surface area contributed by atoms with Crippen LogP contribution in [0.4, 0.5) is 4.39 Å². The van der Waals surface area contributed by atoms with E-state index in [4.69, 9.17) is 27.0 Å². The van der Waals surface area contributed by atoms with Crippen LogP contribution in [0.3, 0.4) is 0 Å². The molecule has 1 aromatic rings. The SMILES string of the molecule is CN(C)C(CC=NOCc1ccc(F)cc1Cl)=C(C#N)C#N. The molecule has 0 saturated heterocycles. The number of nitriles is 2. The van der Waals surface area contributed by atoms with E-state index in [0.717, 1.165) is 0 Å². The molecule has 0 saturated carbocycles. The molecule has 0 spiro atoms. The summed E-state index contributed by atoms with van der Waals surface area (Å²) < 4.78 is 12.9. The first-order valence-electron chi connectivity index (χ1n) is 6.28. The van der Waals surface area contributed by atoms with Gasteiger partial charge in [-0.2, -0.15) is 10.5 Å². The first kappa shape index (κ1) is 17.5. The smallest absolute Gasteiger partial charge is 0.149 e. The molecule has 1 aromatic carbocycles. The number of halogens is 2. The fraction of sp³-hybridized carbons (Fsp3) is 0.267. The molecule has 0 radical (unpaired) electrons. The molecule has 0 bridgehead atoms. The Bertz CT molecular complexity index is 655. The molecule has 7 heteroatoms. The van der Waals surface area contributed by atoms with Crippen molar-refractivity contribution in [3.05, 3.63) is 45.9 Å². The van der Waals surface area contributed by atoms with Crippen molar-refractivity contribution < 1.29 is 9.23 Å². The minimum absolute atomic E-state index is 0.0260. The Morgan fingerprint density at radius 3 is 2.64 bits per heavy atom. The van der Waals surface area contributed by atoms with Gasteiger partial charge in [0.2, 0.25) is 0 Å². The van der Waals surface area contributed by atoms with Crippen LogP contribution in [0.5, 0.6) is 0 Å². The molecule has 0 fully saturated rings. The predicted molar refractivity (Wildman–Crippen MR) is 81.2 cm³/mol. The van der Waals surface area contributed by atoms with Gasteiger partial charge >= 0.3 is 0 Å². The minimum Gasteiger partial charge on any atom is -0.391 e. The molecule has 0 aliphatic rings. The Labute approximate surface area is 133 Å². The molecule has 5 nitrogen and oxygen atoms in total. The van der Waals surface area contributed by atoms with E-state index in [1.807, 2.05) is 12.1 Å². The van der Waals surface area contributed by atoms with Gasteiger partial charge in [0.15, 0.2) is 0 Å². The van der Waals surface area contributed by atoms with Gasteiger partial charge in [-0.25, -0.2) is 4.39 Å². The van der Waals surface area contributed by atoms with Crippen LogP contribution < -0.4 is 0 Å². The minimum atomic E-state index is -0.418. The summed E-state index contributed by atoms with van der Waals surface area (Å²) in [6, 6.07) is 7.67. The second kappa shape index (κ2) is 8.66. The third-order valence-corrected chi connectivity index (χ3v) is 3.07. The number of nitrogens with zero attached hydrogens (tertiary/aromatic N) is 4. The Morgan fingerprint density at radius 1 is 1.41 bits per heavy atom. The number of hydrogen-bond acceptors (Lipinski definition) is 5. The summed E-state index contributed by atoms with van der Waals surface area (Å²) >= 11 is 5.86. The van der Waals surface area contributed by atoms with Gasteiger partial charge in [-0.1, -0.05) is 22.8 Å². The van der Waals surface area contributed by atoms with E-state index < -0.39 is 5.82 Å². The van der Waals surface area contributed by atoms with E-state index in [-0.39, 0.29) is 23.6 Å². The number of allylic oxidation sites excluding steroid dienone is 2. The van der Waals surface area contributed by atoms with Crippen molar-refractivity contribution in [3.63, 3.8) is 0 Å². The Hall–Kier alpha value is -2.57. The Morgan fingerprint density at radius 2 is 2.09 bits per heavy atom. The third-order valence-electron chi connectivity index (χ3n) is 2.72. The van der Waals surface area contributed by atoms with Crippen LogP contribution in [0.2, 0.25) is 5.02 Å². The van der Waals surface area contributed by atoms with Crippen LogP contribution in [-0.4, -0.2) is 25.2 Å². The van der Waals surface area contributed by atoms with Crippen LogP contribution in [0.15, 0.2) is 34.6 Å². The maximum Gasteiger partial charge on any atom is 0.149 e. The molecule has 0 N–H and O–H groups in total. The maximum absolute atomic E-state index is 12.9. The number of benzene rings is 1. The summed E-state index contributed by atoms with van der Waals surface area (Å²) in [6.45, 7) is 0.0972. The van der Waals surface area contributed by atoms with Crippen molar-refractivity contribution in [2.45, 2.75) is 13.0 Å². The zero-order chi connectivity index (χ0) is 16.5. The molecule has 22 heavy (non-hydrogen) atoms. The van der Waals surface area contributed by atoms with E-state index in [2.05, 4.69) is 5.16 Å². The normalized spacial score (nSPS) is 9.91. The van der Waals surface area contributed by atoms with E-state index in [1.165, 1.54) is 24.4 Å². The second-order valence-electron chi connectivity index (χ2n) is 4.44. The molecule has 0 aliphatic carbocycles. The third kappa shape index (κ3) is 5.08. The van der Waals surface area contributed by atoms with E-state index in [0.29, 0.717) is 11.3 Å². The molecule has 0 amide bonds. The average Bonchev–Trinajstić information content (AvgIpc) is 2.47. The molecule has 0 atom stereocenters. The lowest BCUT2D eigenvalue weighted by Gasteiger charge is -2.14. The van der Waals surface area contributed by atoms with Gasteiger partial charge in [-0.05, 0) is 12.1 Å². The van der Waals surface area contributed by atoms with Crippen LogP contribution in [-0.2, 0) is 11.4 Å². The molecular formula is C15H14ClFN4O. The quantitative estimate of drug-likeness (QED) is 0.458.